The van der Waals surface area contributed by atoms with E-state index in [1.807, 2.05) is 0 Å². The predicted octanol–water partition coefficient (Wildman–Crippen LogP) is 5.74. The van der Waals surface area contributed by atoms with Crippen molar-refractivity contribution >= 4 is 13.3 Å². The van der Waals surface area contributed by atoms with Gasteiger partial charge in [0.15, 0.2) is 0 Å². The number of benzene rings is 2. The molecule has 0 aromatic heterocycles. The summed E-state index contributed by atoms with van der Waals surface area (Å²) in [6.07, 6.45) is 10.2. The van der Waals surface area contributed by atoms with Crippen molar-refractivity contribution in [2.24, 2.45) is 0 Å². The molecule has 0 heterocycles. The minimum absolute atomic E-state index is 0.617. The number of rotatable bonds is 8. The molecule has 0 saturated carbocycles. The Balaban J connectivity index is 1.88. The fourth-order valence-corrected chi connectivity index (χ4v) is 6.04. The van der Waals surface area contributed by atoms with E-state index >= 15 is 0 Å². The molecular formula is C22H28Si. The minimum atomic E-state index is -1.48. The standard InChI is InChI=1S/C22H28Si/c1-4-21(23(2,3)22-18-12-7-13-19-22)17-11-6-10-16-20-14-8-5-9-15-20/h4-10,12-15,18-19,21H,1,11,16-17H2,2-3H3/b10-6+. The molecule has 120 valence electrons. The van der Waals surface area contributed by atoms with E-state index in [-0.39, 0.29) is 0 Å². The van der Waals surface area contributed by atoms with E-state index in [4.69, 9.17) is 0 Å². The van der Waals surface area contributed by atoms with Crippen LogP contribution in [0.3, 0.4) is 0 Å². The monoisotopic (exact) mass is 320 g/mol. The summed E-state index contributed by atoms with van der Waals surface area (Å²) in [5, 5.41) is 1.53. The Morgan fingerprint density at radius 2 is 1.52 bits per heavy atom. The lowest BCUT2D eigenvalue weighted by atomic mass is 10.1. The Bertz CT molecular complexity index is 611. The van der Waals surface area contributed by atoms with E-state index < -0.39 is 8.07 Å². The first kappa shape index (κ1) is 17.5. The summed E-state index contributed by atoms with van der Waals surface area (Å²) >= 11 is 0. The Morgan fingerprint density at radius 3 is 2.13 bits per heavy atom. The lowest BCUT2D eigenvalue weighted by molar-refractivity contribution is 0.840. The summed E-state index contributed by atoms with van der Waals surface area (Å²) < 4.78 is 0. The van der Waals surface area contributed by atoms with Gasteiger partial charge in [0.2, 0.25) is 0 Å². The van der Waals surface area contributed by atoms with Crippen LogP contribution in [0, 0.1) is 0 Å². The maximum Gasteiger partial charge on any atom is 0.0873 e. The van der Waals surface area contributed by atoms with Crippen LogP contribution in [-0.2, 0) is 6.42 Å². The molecule has 0 saturated heterocycles. The Kier molecular flexibility index (Phi) is 6.61. The predicted molar refractivity (Wildman–Crippen MR) is 106 cm³/mol. The van der Waals surface area contributed by atoms with Crippen LogP contribution in [0.1, 0.15) is 18.4 Å². The van der Waals surface area contributed by atoms with Crippen LogP contribution in [0.15, 0.2) is 85.5 Å². The third-order valence-electron chi connectivity index (χ3n) is 4.74. The highest BCUT2D eigenvalue weighted by Crippen LogP contribution is 2.28. The van der Waals surface area contributed by atoms with Gasteiger partial charge in [-0.15, -0.1) is 6.58 Å². The van der Waals surface area contributed by atoms with E-state index in [1.165, 1.54) is 17.2 Å². The summed E-state index contributed by atoms with van der Waals surface area (Å²) in [5.74, 6) is 0. The number of hydrogen-bond donors (Lipinski definition) is 0. The van der Waals surface area contributed by atoms with Gasteiger partial charge in [0.05, 0.1) is 8.07 Å². The Labute approximate surface area is 142 Å². The van der Waals surface area contributed by atoms with Gasteiger partial charge in [0.25, 0.3) is 0 Å². The van der Waals surface area contributed by atoms with Crippen molar-refractivity contribution in [2.45, 2.75) is 37.9 Å². The zero-order chi connectivity index (χ0) is 16.5. The first-order valence-electron chi connectivity index (χ1n) is 8.51. The highest BCUT2D eigenvalue weighted by molar-refractivity contribution is 6.91. The molecule has 1 unspecified atom stereocenters. The van der Waals surface area contributed by atoms with Crippen LogP contribution in [-0.4, -0.2) is 8.07 Å². The van der Waals surface area contributed by atoms with Gasteiger partial charge in [-0.1, -0.05) is 97.2 Å². The lowest BCUT2D eigenvalue weighted by Crippen LogP contribution is -2.45. The van der Waals surface area contributed by atoms with Gasteiger partial charge in [0.1, 0.15) is 0 Å². The van der Waals surface area contributed by atoms with Crippen LogP contribution in [0.5, 0.6) is 0 Å². The van der Waals surface area contributed by atoms with Gasteiger partial charge in [0, 0.05) is 0 Å². The molecule has 1 atom stereocenters. The summed E-state index contributed by atoms with van der Waals surface area (Å²) in [5.41, 5.74) is 1.99. The average molecular weight is 321 g/mol. The molecule has 2 aromatic rings. The molecule has 0 aliphatic heterocycles. The number of hydrogen-bond acceptors (Lipinski definition) is 0. The van der Waals surface area contributed by atoms with Crippen molar-refractivity contribution in [3.05, 3.63) is 91.0 Å². The van der Waals surface area contributed by atoms with E-state index in [1.54, 1.807) is 0 Å². The summed E-state index contributed by atoms with van der Waals surface area (Å²) in [4.78, 5) is 0. The van der Waals surface area contributed by atoms with Crippen molar-refractivity contribution in [2.75, 3.05) is 0 Å². The molecule has 0 radical (unpaired) electrons. The van der Waals surface area contributed by atoms with Crippen LogP contribution < -0.4 is 5.19 Å². The molecule has 0 aliphatic carbocycles. The second-order valence-electron chi connectivity index (χ2n) is 6.67. The zero-order valence-electron chi connectivity index (χ0n) is 14.4. The van der Waals surface area contributed by atoms with Gasteiger partial charge in [-0.2, -0.15) is 0 Å². The van der Waals surface area contributed by atoms with Crippen molar-refractivity contribution < 1.29 is 0 Å². The largest absolute Gasteiger partial charge is 0.103 e. The molecule has 1 heteroatoms. The van der Waals surface area contributed by atoms with Crippen molar-refractivity contribution in [3.8, 4) is 0 Å². The number of allylic oxidation sites excluding steroid dienone is 3. The molecule has 0 N–H and O–H groups in total. The van der Waals surface area contributed by atoms with Crippen LogP contribution in [0.2, 0.25) is 18.6 Å². The molecule has 2 rings (SSSR count). The van der Waals surface area contributed by atoms with Gasteiger partial charge in [-0.05, 0) is 30.4 Å². The van der Waals surface area contributed by atoms with Crippen molar-refractivity contribution in [1.82, 2.24) is 0 Å². The molecule has 0 aliphatic rings. The average Bonchev–Trinajstić information content (AvgIpc) is 2.59. The van der Waals surface area contributed by atoms with Crippen molar-refractivity contribution in [3.63, 3.8) is 0 Å². The smallest absolute Gasteiger partial charge is 0.0873 e. The van der Waals surface area contributed by atoms with E-state index in [2.05, 4.69) is 98.6 Å². The van der Waals surface area contributed by atoms with E-state index in [0.717, 1.165) is 12.8 Å². The molecule has 0 fully saturated rings. The molecule has 0 nitrogen and oxygen atoms in total. The summed E-state index contributed by atoms with van der Waals surface area (Å²) in [7, 11) is -1.48. The van der Waals surface area contributed by atoms with E-state index in [9.17, 15) is 0 Å². The molecular weight excluding hydrogens is 292 g/mol. The third-order valence-corrected chi connectivity index (χ3v) is 8.94. The van der Waals surface area contributed by atoms with Gasteiger partial charge in [-0.3, -0.25) is 0 Å². The van der Waals surface area contributed by atoms with Crippen LogP contribution in [0.25, 0.3) is 0 Å². The third kappa shape index (κ3) is 5.07. The topological polar surface area (TPSA) is 0 Å². The molecule has 2 aromatic carbocycles. The normalized spacial score (nSPS) is 13.1. The maximum atomic E-state index is 4.11. The summed E-state index contributed by atoms with van der Waals surface area (Å²) in [6, 6.07) is 21.6. The first-order chi connectivity index (χ1) is 11.1. The molecule has 0 spiro atoms. The zero-order valence-corrected chi connectivity index (χ0v) is 15.4. The van der Waals surface area contributed by atoms with Gasteiger partial charge < -0.3 is 0 Å². The highest BCUT2D eigenvalue weighted by Gasteiger charge is 2.30. The first-order valence-corrected chi connectivity index (χ1v) is 11.6. The lowest BCUT2D eigenvalue weighted by Gasteiger charge is -2.30. The second kappa shape index (κ2) is 8.69. The highest BCUT2D eigenvalue weighted by atomic mass is 28.3. The fourth-order valence-electron chi connectivity index (χ4n) is 3.08. The Hall–Kier alpha value is -1.86. The van der Waals surface area contributed by atoms with Crippen LogP contribution >= 0.6 is 0 Å². The molecule has 23 heavy (non-hydrogen) atoms. The fraction of sp³-hybridized carbons (Fsp3) is 0.273. The SMILES string of the molecule is C=CC(CC/C=C/Cc1ccccc1)[Si](C)(C)c1ccccc1. The molecule has 0 amide bonds. The van der Waals surface area contributed by atoms with Crippen LogP contribution in [0.4, 0.5) is 0 Å². The Morgan fingerprint density at radius 1 is 0.913 bits per heavy atom. The van der Waals surface area contributed by atoms with Gasteiger partial charge in [-0.25, -0.2) is 0 Å². The van der Waals surface area contributed by atoms with Gasteiger partial charge >= 0.3 is 0 Å². The van der Waals surface area contributed by atoms with E-state index in [0.29, 0.717) is 5.54 Å². The quantitative estimate of drug-likeness (QED) is 0.430. The van der Waals surface area contributed by atoms with Crippen molar-refractivity contribution in [1.29, 1.82) is 0 Å². The maximum absolute atomic E-state index is 4.11. The minimum Gasteiger partial charge on any atom is -0.103 e. The second-order valence-corrected chi connectivity index (χ2v) is 11.4. The summed E-state index contributed by atoms with van der Waals surface area (Å²) in [6.45, 7) is 9.03. The molecule has 0 bridgehead atoms.